The molecule has 1 aromatic carbocycles. The van der Waals surface area contributed by atoms with E-state index in [0.29, 0.717) is 17.2 Å². The van der Waals surface area contributed by atoms with Crippen molar-refractivity contribution in [2.75, 3.05) is 13.7 Å². The van der Waals surface area contributed by atoms with Crippen molar-refractivity contribution in [1.29, 1.82) is 0 Å². The minimum Gasteiger partial charge on any atom is -0.497 e. The highest BCUT2D eigenvalue weighted by Gasteiger charge is 2.20. The first-order valence-electron chi connectivity index (χ1n) is 6.98. The summed E-state index contributed by atoms with van der Waals surface area (Å²) in [6.07, 6.45) is 0.898. The monoisotopic (exact) mass is 313 g/mol. The van der Waals surface area contributed by atoms with Gasteiger partial charge >= 0.3 is 0 Å². The summed E-state index contributed by atoms with van der Waals surface area (Å²) in [5.74, 6) is 0.510. The number of methoxy groups -OCH3 is 1. The molecule has 5 heteroatoms. The zero-order valence-electron chi connectivity index (χ0n) is 13.1. The van der Waals surface area contributed by atoms with Gasteiger partial charge in [-0.05, 0) is 29.5 Å². The van der Waals surface area contributed by atoms with Crippen LogP contribution in [-0.2, 0) is 11.2 Å². The molecule has 0 spiro atoms. The number of halogens is 1. The maximum atomic E-state index is 12.1. The van der Waals surface area contributed by atoms with E-state index in [0.717, 1.165) is 5.56 Å². The third kappa shape index (κ3) is 6.36. The number of carbonyl (C=O) groups is 1. The van der Waals surface area contributed by atoms with E-state index < -0.39 is 0 Å². The van der Waals surface area contributed by atoms with Gasteiger partial charge in [0.05, 0.1) is 26.2 Å². The number of ether oxygens (including phenoxy) is 1. The van der Waals surface area contributed by atoms with E-state index >= 15 is 0 Å². The second kappa shape index (κ2) is 7.66. The largest absolute Gasteiger partial charge is 0.497 e. The van der Waals surface area contributed by atoms with E-state index in [1.165, 1.54) is 0 Å². The average Bonchev–Trinajstić information content (AvgIpc) is 2.38. The normalized spacial score (nSPS) is 12.9. The molecule has 0 bridgehead atoms. The number of amides is 1. The fourth-order valence-electron chi connectivity index (χ4n) is 2.15. The molecule has 118 valence electrons. The predicted molar refractivity (Wildman–Crippen MR) is 84.8 cm³/mol. The standard InChI is InChI=1S/C16H24ClNO3/c1-16(2,3)9-12(10-19)18-15(20)7-11-5-6-13(21-4)8-14(11)17/h5-6,8,12,19H,7,9-10H2,1-4H3,(H,18,20). The van der Waals surface area contributed by atoms with Gasteiger partial charge in [-0.1, -0.05) is 38.4 Å². The van der Waals surface area contributed by atoms with Crippen molar-refractivity contribution in [2.45, 2.75) is 39.7 Å². The molecule has 0 heterocycles. The Kier molecular flexibility index (Phi) is 6.49. The summed E-state index contributed by atoms with van der Waals surface area (Å²) in [6.45, 7) is 6.14. The predicted octanol–water partition coefficient (Wildman–Crippen LogP) is 2.80. The molecule has 1 amide bonds. The molecule has 1 unspecified atom stereocenters. The van der Waals surface area contributed by atoms with Crippen LogP contribution in [0.4, 0.5) is 0 Å². The lowest BCUT2D eigenvalue weighted by atomic mass is 9.88. The summed E-state index contributed by atoms with van der Waals surface area (Å²) in [6, 6.07) is 4.99. The Morgan fingerprint density at radius 2 is 2.10 bits per heavy atom. The summed E-state index contributed by atoms with van der Waals surface area (Å²) >= 11 is 6.12. The number of nitrogens with one attached hydrogen (secondary N) is 1. The van der Waals surface area contributed by atoms with E-state index in [1.807, 2.05) is 0 Å². The van der Waals surface area contributed by atoms with Gasteiger partial charge in [-0.15, -0.1) is 0 Å². The molecule has 0 saturated heterocycles. The van der Waals surface area contributed by atoms with Crippen molar-refractivity contribution in [3.63, 3.8) is 0 Å². The van der Waals surface area contributed by atoms with Crippen molar-refractivity contribution in [1.82, 2.24) is 5.32 Å². The second-order valence-corrected chi connectivity index (χ2v) is 6.75. The van der Waals surface area contributed by atoms with Crippen LogP contribution in [0.2, 0.25) is 5.02 Å². The number of hydrogen-bond donors (Lipinski definition) is 2. The van der Waals surface area contributed by atoms with Crippen molar-refractivity contribution < 1.29 is 14.6 Å². The van der Waals surface area contributed by atoms with E-state index in [4.69, 9.17) is 16.3 Å². The van der Waals surface area contributed by atoms with Gasteiger partial charge in [0.25, 0.3) is 0 Å². The molecule has 0 fully saturated rings. The first kappa shape index (κ1) is 17.8. The Morgan fingerprint density at radius 3 is 2.57 bits per heavy atom. The zero-order chi connectivity index (χ0) is 16.0. The summed E-state index contributed by atoms with van der Waals surface area (Å²) in [7, 11) is 1.57. The highest BCUT2D eigenvalue weighted by Crippen LogP contribution is 2.23. The van der Waals surface area contributed by atoms with Gasteiger partial charge in [-0.3, -0.25) is 4.79 Å². The number of aliphatic hydroxyl groups is 1. The molecule has 0 aliphatic rings. The average molecular weight is 314 g/mol. The van der Waals surface area contributed by atoms with Crippen LogP contribution in [0, 0.1) is 5.41 Å². The van der Waals surface area contributed by atoms with Gasteiger partial charge < -0.3 is 15.2 Å². The van der Waals surface area contributed by atoms with Gasteiger partial charge in [0, 0.05) is 5.02 Å². The maximum absolute atomic E-state index is 12.1. The maximum Gasteiger partial charge on any atom is 0.224 e. The lowest BCUT2D eigenvalue weighted by Gasteiger charge is -2.25. The fourth-order valence-corrected chi connectivity index (χ4v) is 2.39. The van der Waals surface area contributed by atoms with E-state index in [1.54, 1.807) is 25.3 Å². The van der Waals surface area contributed by atoms with Crippen LogP contribution < -0.4 is 10.1 Å². The van der Waals surface area contributed by atoms with E-state index in [2.05, 4.69) is 26.1 Å². The van der Waals surface area contributed by atoms with Crippen LogP contribution in [-0.4, -0.2) is 30.8 Å². The third-order valence-electron chi connectivity index (χ3n) is 3.06. The fraction of sp³-hybridized carbons (Fsp3) is 0.562. The number of aliphatic hydroxyl groups excluding tert-OH is 1. The Bertz CT molecular complexity index is 483. The summed E-state index contributed by atoms with van der Waals surface area (Å²) in [5, 5.41) is 12.7. The Hall–Kier alpha value is -1.26. The van der Waals surface area contributed by atoms with Crippen molar-refractivity contribution >= 4 is 17.5 Å². The first-order valence-corrected chi connectivity index (χ1v) is 7.35. The molecule has 0 aliphatic carbocycles. The zero-order valence-corrected chi connectivity index (χ0v) is 13.8. The number of hydrogen-bond acceptors (Lipinski definition) is 3. The molecule has 1 atom stereocenters. The SMILES string of the molecule is COc1ccc(CC(=O)NC(CO)CC(C)(C)C)c(Cl)c1. The first-order chi connectivity index (χ1) is 9.75. The van der Waals surface area contributed by atoms with E-state index in [-0.39, 0.29) is 30.4 Å². The molecule has 1 aromatic rings. The molecule has 0 radical (unpaired) electrons. The van der Waals surface area contributed by atoms with Gasteiger partial charge in [0.1, 0.15) is 5.75 Å². The van der Waals surface area contributed by atoms with Crippen LogP contribution in [0.5, 0.6) is 5.75 Å². The highest BCUT2D eigenvalue weighted by molar-refractivity contribution is 6.31. The summed E-state index contributed by atoms with van der Waals surface area (Å²) in [5.41, 5.74) is 0.778. The Morgan fingerprint density at radius 1 is 1.43 bits per heavy atom. The minimum absolute atomic E-state index is 0.0401. The second-order valence-electron chi connectivity index (χ2n) is 6.35. The lowest BCUT2D eigenvalue weighted by molar-refractivity contribution is -0.121. The van der Waals surface area contributed by atoms with Crippen LogP contribution in [0.3, 0.4) is 0 Å². The van der Waals surface area contributed by atoms with Gasteiger partial charge in [-0.2, -0.15) is 0 Å². The van der Waals surface area contributed by atoms with Crippen LogP contribution in [0.15, 0.2) is 18.2 Å². The number of rotatable bonds is 6. The summed E-state index contributed by atoms with van der Waals surface area (Å²) < 4.78 is 5.07. The number of carbonyl (C=O) groups excluding carboxylic acids is 1. The topological polar surface area (TPSA) is 58.6 Å². The highest BCUT2D eigenvalue weighted by atomic mass is 35.5. The molecular formula is C16H24ClNO3. The van der Waals surface area contributed by atoms with Crippen molar-refractivity contribution in [3.8, 4) is 5.75 Å². The van der Waals surface area contributed by atoms with Crippen molar-refractivity contribution in [2.24, 2.45) is 5.41 Å². The number of benzene rings is 1. The summed E-state index contributed by atoms with van der Waals surface area (Å²) in [4.78, 5) is 12.1. The molecule has 0 saturated carbocycles. The smallest absolute Gasteiger partial charge is 0.224 e. The molecule has 21 heavy (non-hydrogen) atoms. The molecule has 0 aliphatic heterocycles. The molecule has 0 aromatic heterocycles. The minimum atomic E-state index is -0.241. The van der Waals surface area contributed by atoms with Crippen LogP contribution in [0.25, 0.3) is 0 Å². The molecular weight excluding hydrogens is 290 g/mol. The molecule has 4 nitrogen and oxygen atoms in total. The van der Waals surface area contributed by atoms with Gasteiger partial charge in [0.2, 0.25) is 5.91 Å². The van der Waals surface area contributed by atoms with E-state index in [9.17, 15) is 9.90 Å². The quantitative estimate of drug-likeness (QED) is 0.849. The molecule has 1 rings (SSSR count). The van der Waals surface area contributed by atoms with Gasteiger partial charge in [0.15, 0.2) is 0 Å². The third-order valence-corrected chi connectivity index (χ3v) is 3.41. The molecule has 2 N–H and O–H groups in total. The lowest BCUT2D eigenvalue weighted by Crippen LogP contribution is -2.40. The van der Waals surface area contributed by atoms with Crippen LogP contribution >= 0.6 is 11.6 Å². The Labute approximate surface area is 131 Å². The van der Waals surface area contributed by atoms with Crippen molar-refractivity contribution in [3.05, 3.63) is 28.8 Å². The van der Waals surface area contributed by atoms with Crippen LogP contribution in [0.1, 0.15) is 32.8 Å². The Balaban J connectivity index is 2.64. The van der Waals surface area contributed by atoms with Gasteiger partial charge in [-0.25, -0.2) is 0 Å².